The monoisotopic (exact) mass is 187 g/mol. The Kier molecular flexibility index (Phi) is 1.85. The second-order valence-electron chi connectivity index (χ2n) is 4.20. The van der Waals surface area contributed by atoms with Gasteiger partial charge in [0, 0.05) is 12.3 Å². The van der Waals surface area contributed by atoms with Crippen LogP contribution in [-0.2, 0) is 4.79 Å². The lowest BCUT2D eigenvalue weighted by Crippen LogP contribution is -2.48. The molecule has 0 heterocycles. The van der Waals surface area contributed by atoms with Gasteiger partial charge < -0.3 is 0 Å². The molecule has 0 aliphatic heterocycles. The second kappa shape index (κ2) is 2.81. The van der Waals surface area contributed by atoms with E-state index in [1.165, 1.54) is 0 Å². The number of hydrogen-bond donors (Lipinski definition) is 0. The van der Waals surface area contributed by atoms with Crippen LogP contribution in [0, 0.1) is 22.7 Å². The van der Waals surface area contributed by atoms with E-state index in [0.29, 0.717) is 6.42 Å². The highest BCUT2D eigenvalue weighted by Crippen LogP contribution is 2.54. The fraction of sp³-hybridized carbons (Fsp3) is 0.500. The third-order valence-electron chi connectivity index (χ3n) is 3.34. The van der Waals surface area contributed by atoms with Crippen LogP contribution in [0.15, 0.2) is 23.8 Å². The van der Waals surface area contributed by atoms with Gasteiger partial charge in [0.1, 0.15) is 5.41 Å². The fourth-order valence-electron chi connectivity index (χ4n) is 2.58. The number of ketones is 1. The third-order valence-corrected chi connectivity index (χ3v) is 3.34. The van der Waals surface area contributed by atoms with Gasteiger partial charge in [-0.3, -0.25) is 4.79 Å². The molecule has 2 unspecified atom stereocenters. The van der Waals surface area contributed by atoms with Gasteiger partial charge in [0.25, 0.3) is 0 Å². The Labute approximate surface area is 83.9 Å². The van der Waals surface area contributed by atoms with Crippen molar-refractivity contribution in [3.8, 4) is 6.07 Å². The van der Waals surface area contributed by atoms with E-state index in [9.17, 15) is 10.1 Å². The van der Waals surface area contributed by atoms with Crippen molar-refractivity contribution in [2.45, 2.75) is 26.2 Å². The molecule has 0 saturated heterocycles. The molecule has 1 saturated carbocycles. The molecule has 1 fully saturated rings. The Hall–Kier alpha value is -1.36. The quantitative estimate of drug-likeness (QED) is 0.632. The first-order valence-corrected chi connectivity index (χ1v) is 4.95. The standard InChI is InChI=1S/C12H13NO/c1-8(2)10-6-9-4-3-5-11(14)12(9,10)7-13/h6,9H,1,3-5H2,2H3. The van der Waals surface area contributed by atoms with Crippen LogP contribution >= 0.6 is 0 Å². The number of fused-ring (bicyclic) bond motifs is 1. The molecule has 0 spiro atoms. The molecule has 2 rings (SSSR count). The minimum Gasteiger partial charge on any atom is -0.297 e. The maximum Gasteiger partial charge on any atom is 0.158 e. The number of carbonyl (C=O) groups excluding carboxylic acids is 1. The first kappa shape index (κ1) is 9.21. The van der Waals surface area contributed by atoms with E-state index in [-0.39, 0.29) is 11.7 Å². The molecule has 0 aromatic heterocycles. The summed E-state index contributed by atoms with van der Waals surface area (Å²) in [5, 5.41) is 9.21. The molecule has 0 aromatic rings. The Balaban J connectivity index is 2.47. The van der Waals surface area contributed by atoms with Crippen molar-refractivity contribution in [1.29, 1.82) is 5.26 Å². The van der Waals surface area contributed by atoms with E-state index >= 15 is 0 Å². The highest BCUT2D eigenvalue weighted by Gasteiger charge is 2.55. The van der Waals surface area contributed by atoms with Crippen LogP contribution in [0.1, 0.15) is 26.2 Å². The van der Waals surface area contributed by atoms with Crippen molar-refractivity contribution >= 4 is 5.78 Å². The zero-order valence-corrected chi connectivity index (χ0v) is 8.34. The maximum atomic E-state index is 11.8. The van der Waals surface area contributed by atoms with Gasteiger partial charge in [0.05, 0.1) is 6.07 Å². The van der Waals surface area contributed by atoms with Crippen LogP contribution in [0.4, 0.5) is 0 Å². The molecule has 0 amide bonds. The lowest BCUT2D eigenvalue weighted by Gasteiger charge is -2.45. The van der Waals surface area contributed by atoms with Crippen molar-refractivity contribution in [3.05, 3.63) is 23.8 Å². The number of Topliss-reactive ketones (excluding diaryl/α,β-unsaturated/α-hetero) is 1. The summed E-state index contributed by atoms with van der Waals surface area (Å²) < 4.78 is 0. The number of carbonyl (C=O) groups is 1. The lowest BCUT2D eigenvalue weighted by atomic mass is 9.53. The number of hydrogen-bond acceptors (Lipinski definition) is 2. The van der Waals surface area contributed by atoms with Crippen molar-refractivity contribution in [2.75, 3.05) is 0 Å². The average Bonchev–Trinajstić information content (AvgIpc) is 2.09. The van der Waals surface area contributed by atoms with Crippen LogP contribution in [-0.4, -0.2) is 5.78 Å². The van der Waals surface area contributed by atoms with E-state index < -0.39 is 5.41 Å². The summed E-state index contributed by atoms with van der Waals surface area (Å²) in [5.41, 5.74) is 0.914. The SMILES string of the molecule is C=C(C)C1=CC2CCCC(=O)C12C#N. The number of nitrogens with zero attached hydrogens (tertiary/aromatic N) is 1. The number of allylic oxidation sites excluding steroid dienone is 3. The van der Waals surface area contributed by atoms with E-state index in [0.717, 1.165) is 24.0 Å². The zero-order valence-electron chi connectivity index (χ0n) is 8.34. The van der Waals surface area contributed by atoms with Crippen molar-refractivity contribution in [1.82, 2.24) is 0 Å². The van der Waals surface area contributed by atoms with Gasteiger partial charge in [0.2, 0.25) is 0 Å². The second-order valence-corrected chi connectivity index (χ2v) is 4.20. The Morgan fingerprint density at radius 2 is 2.50 bits per heavy atom. The minimum absolute atomic E-state index is 0.0942. The topological polar surface area (TPSA) is 40.9 Å². The van der Waals surface area contributed by atoms with Gasteiger partial charge in [-0.1, -0.05) is 18.2 Å². The molecular formula is C12H13NO. The van der Waals surface area contributed by atoms with Crippen molar-refractivity contribution in [2.24, 2.45) is 11.3 Å². The fourth-order valence-corrected chi connectivity index (χ4v) is 2.58. The van der Waals surface area contributed by atoms with Gasteiger partial charge in [-0.25, -0.2) is 0 Å². The van der Waals surface area contributed by atoms with Gasteiger partial charge >= 0.3 is 0 Å². The summed E-state index contributed by atoms with van der Waals surface area (Å²) >= 11 is 0. The van der Waals surface area contributed by atoms with Crippen LogP contribution in [0.5, 0.6) is 0 Å². The highest BCUT2D eigenvalue weighted by atomic mass is 16.1. The molecule has 2 nitrogen and oxygen atoms in total. The van der Waals surface area contributed by atoms with Crippen molar-refractivity contribution < 1.29 is 4.79 Å². The summed E-state index contributed by atoms with van der Waals surface area (Å²) in [6.07, 6.45) is 4.49. The largest absolute Gasteiger partial charge is 0.297 e. The maximum absolute atomic E-state index is 11.8. The van der Waals surface area contributed by atoms with Gasteiger partial charge in [-0.15, -0.1) is 0 Å². The molecule has 2 heteroatoms. The van der Waals surface area contributed by atoms with E-state index in [1.807, 2.05) is 13.0 Å². The van der Waals surface area contributed by atoms with Crippen LogP contribution in [0.25, 0.3) is 0 Å². The normalized spacial score (nSPS) is 35.0. The summed E-state index contributed by atoms with van der Waals surface area (Å²) in [4.78, 5) is 11.8. The molecule has 0 radical (unpaired) electrons. The predicted octanol–water partition coefficient (Wildman–Crippen LogP) is 2.38. The van der Waals surface area contributed by atoms with Crippen LogP contribution in [0.2, 0.25) is 0 Å². The molecule has 0 N–H and O–H groups in total. The zero-order chi connectivity index (χ0) is 10.3. The minimum atomic E-state index is -0.815. The molecule has 0 bridgehead atoms. The molecule has 0 aromatic carbocycles. The highest BCUT2D eigenvalue weighted by molar-refractivity contribution is 5.95. The summed E-state index contributed by atoms with van der Waals surface area (Å²) in [7, 11) is 0. The third kappa shape index (κ3) is 0.874. The smallest absolute Gasteiger partial charge is 0.158 e. The Bertz CT molecular complexity index is 386. The predicted molar refractivity (Wildman–Crippen MR) is 53.3 cm³/mol. The number of nitriles is 1. The molecule has 2 aliphatic carbocycles. The summed E-state index contributed by atoms with van der Waals surface area (Å²) in [5.74, 6) is 0.247. The summed E-state index contributed by atoms with van der Waals surface area (Å²) in [6.45, 7) is 5.69. The molecular weight excluding hydrogens is 174 g/mol. The van der Waals surface area contributed by atoms with Crippen molar-refractivity contribution in [3.63, 3.8) is 0 Å². The molecule has 14 heavy (non-hydrogen) atoms. The van der Waals surface area contributed by atoms with E-state index in [1.54, 1.807) is 0 Å². The van der Waals surface area contributed by atoms with E-state index in [2.05, 4.69) is 12.6 Å². The van der Waals surface area contributed by atoms with Gasteiger partial charge in [-0.05, 0) is 25.3 Å². The van der Waals surface area contributed by atoms with Gasteiger partial charge in [0.15, 0.2) is 5.78 Å². The first-order valence-electron chi connectivity index (χ1n) is 4.95. The first-order chi connectivity index (χ1) is 6.63. The molecule has 2 aliphatic rings. The van der Waals surface area contributed by atoms with E-state index in [4.69, 9.17) is 0 Å². The van der Waals surface area contributed by atoms with Gasteiger partial charge in [-0.2, -0.15) is 5.26 Å². The Morgan fingerprint density at radius 3 is 3.00 bits per heavy atom. The Morgan fingerprint density at radius 1 is 1.79 bits per heavy atom. The van der Waals surface area contributed by atoms with Crippen LogP contribution in [0.3, 0.4) is 0 Å². The lowest BCUT2D eigenvalue weighted by molar-refractivity contribution is -0.129. The molecule has 2 atom stereocenters. The summed E-state index contributed by atoms with van der Waals surface area (Å²) in [6, 6.07) is 2.22. The molecule has 72 valence electrons. The average molecular weight is 187 g/mol. The number of rotatable bonds is 1. The van der Waals surface area contributed by atoms with Crippen LogP contribution < -0.4 is 0 Å².